The fourth-order valence-corrected chi connectivity index (χ4v) is 3.28. The summed E-state index contributed by atoms with van der Waals surface area (Å²) in [6.07, 6.45) is 0. The molecule has 32 heavy (non-hydrogen) atoms. The van der Waals surface area contributed by atoms with Crippen molar-refractivity contribution in [3.8, 4) is 22.9 Å². The zero-order chi connectivity index (χ0) is 22.7. The summed E-state index contributed by atoms with van der Waals surface area (Å²) in [6.45, 7) is 5.97. The Balaban J connectivity index is 1.52. The Morgan fingerprint density at radius 3 is 2.69 bits per heavy atom. The quantitative estimate of drug-likeness (QED) is 0.473. The first-order valence-electron chi connectivity index (χ1n) is 10.2. The fraction of sp³-hybridized carbons (Fsp3) is 0.250. The SMILES string of the molecule is COc1cccc(CNC(=O)COc2nc(C)nc3onc(-c4ccc(C)c(C)c4)c23)c1. The summed E-state index contributed by atoms with van der Waals surface area (Å²) >= 11 is 0. The average molecular weight is 432 g/mol. The van der Waals surface area contributed by atoms with E-state index in [1.165, 1.54) is 5.56 Å². The predicted molar refractivity (Wildman–Crippen MR) is 120 cm³/mol. The highest BCUT2D eigenvalue weighted by molar-refractivity contribution is 5.93. The standard InChI is InChI=1S/C24H24N4O4/c1-14-8-9-18(10-15(14)2)22-21-23(26-16(3)27-24(21)32-28-22)31-13-20(29)25-12-17-6-5-7-19(11-17)30-4/h5-11H,12-13H2,1-4H3,(H,25,29). The largest absolute Gasteiger partial charge is 0.497 e. The van der Waals surface area contributed by atoms with Crippen molar-refractivity contribution in [2.24, 2.45) is 0 Å². The van der Waals surface area contributed by atoms with Gasteiger partial charge in [-0.1, -0.05) is 29.4 Å². The minimum atomic E-state index is -0.276. The summed E-state index contributed by atoms with van der Waals surface area (Å²) in [5, 5.41) is 7.56. The summed E-state index contributed by atoms with van der Waals surface area (Å²) in [6, 6.07) is 13.5. The van der Waals surface area contributed by atoms with Crippen molar-refractivity contribution in [3.05, 3.63) is 65.0 Å². The summed E-state index contributed by atoms with van der Waals surface area (Å²) in [7, 11) is 1.60. The van der Waals surface area contributed by atoms with Crippen molar-refractivity contribution in [3.63, 3.8) is 0 Å². The predicted octanol–water partition coefficient (Wildman–Crippen LogP) is 3.91. The molecular weight excluding hydrogens is 408 g/mol. The van der Waals surface area contributed by atoms with E-state index in [-0.39, 0.29) is 18.4 Å². The van der Waals surface area contributed by atoms with E-state index in [2.05, 4.69) is 20.4 Å². The molecule has 1 amide bonds. The van der Waals surface area contributed by atoms with Crippen LogP contribution in [0.1, 0.15) is 22.5 Å². The number of aromatic nitrogens is 3. The van der Waals surface area contributed by atoms with E-state index in [4.69, 9.17) is 14.0 Å². The second kappa shape index (κ2) is 9.05. The maximum Gasteiger partial charge on any atom is 0.265 e. The highest BCUT2D eigenvalue weighted by Gasteiger charge is 2.20. The van der Waals surface area contributed by atoms with Gasteiger partial charge in [-0.05, 0) is 55.7 Å². The Morgan fingerprint density at radius 2 is 1.91 bits per heavy atom. The molecule has 0 unspecified atom stereocenters. The molecule has 1 N–H and O–H groups in total. The van der Waals surface area contributed by atoms with Crippen LogP contribution in [0, 0.1) is 20.8 Å². The van der Waals surface area contributed by atoms with Crippen molar-refractivity contribution < 1.29 is 18.8 Å². The molecule has 164 valence electrons. The Bertz CT molecular complexity index is 1280. The van der Waals surface area contributed by atoms with E-state index in [1.807, 2.05) is 56.3 Å². The minimum Gasteiger partial charge on any atom is -0.497 e. The zero-order valence-electron chi connectivity index (χ0n) is 18.4. The Kier molecular flexibility index (Phi) is 6.02. The molecule has 0 bridgehead atoms. The third-order valence-electron chi connectivity index (χ3n) is 5.16. The molecule has 2 heterocycles. The summed E-state index contributed by atoms with van der Waals surface area (Å²) in [5.74, 6) is 1.19. The van der Waals surface area contributed by atoms with Crippen molar-refractivity contribution >= 4 is 17.0 Å². The van der Waals surface area contributed by atoms with Crippen LogP contribution in [-0.2, 0) is 11.3 Å². The van der Waals surface area contributed by atoms with Crippen LogP contribution in [0.3, 0.4) is 0 Å². The van der Waals surface area contributed by atoms with Crippen LogP contribution in [0.5, 0.6) is 11.6 Å². The van der Waals surface area contributed by atoms with E-state index in [0.717, 1.165) is 22.4 Å². The van der Waals surface area contributed by atoms with Gasteiger partial charge in [-0.2, -0.15) is 9.97 Å². The number of hydrogen-bond donors (Lipinski definition) is 1. The Hall–Kier alpha value is -3.94. The first kappa shape index (κ1) is 21.3. The van der Waals surface area contributed by atoms with Gasteiger partial charge in [0.15, 0.2) is 6.61 Å². The van der Waals surface area contributed by atoms with E-state index < -0.39 is 0 Å². The van der Waals surface area contributed by atoms with E-state index in [9.17, 15) is 4.79 Å². The van der Waals surface area contributed by atoms with Gasteiger partial charge in [0.05, 0.1) is 7.11 Å². The van der Waals surface area contributed by atoms with Crippen LogP contribution in [0.2, 0.25) is 0 Å². The lowest BCUT2D eigenvalue weighted by molar-refractivity contribution is -0.123. The Labute approximate surface area is 185 Å². The smallest absolute Gasteiger partial charge is 0.265 e. The lowest BCUT2D eigenvalue weighted by atomic mass is 10.0. The normalized spacial score (nSPS) is 10.9. The topological polar surface area (TPSA) is 99.4 Å². The minimum absolute atomic E-state index is 0.201. The number of hydrogen-bond acceptors (Lipinski definition) is 7. The fourth-order valence-electron chi connectivity index (χ4n) is 3.28. The molecule has 0 radical (unpaired) electrons. The second-order valence-corrected chi connectivity index (χ2v) is 7.50. The van der Waals surface area contributed by atoms with Gasteiger partial charge in [-0.15, -0.1) is 0 Å². The number of carbonyl (C=O) groups is 1. The summed E-state index contributed by atoms with van der Waals surface area (Å²) in [5.41, 5.74) is 5.00. The highest BCUT2D eigenvalue weighted by Crippen LogP contribution is 2.33. The molecule has 0 aliphatic heterocycles. The lowest BCUT2D eigenvalue weighted by Crippen LogP contribution is -2.28. The van der Waals surface area contributed by atoms with Crippen LogP contribution in [0.4, 0.5) is 0 Å². The highest BCUT2D eigenvalue weighted by atomic mass is 16.5. The zero-order valence-corrected chi connectivity index (χ0v) is 18.4. The maximum absolute atomic E-state index is 12.4. The lowest BCUT2D eigenvalue weighted by Gasteiger charge is -2.09. The molecule has 2 aromatic heterocycles. The third-order valence-corrected chi connectivity index (χ3v) is 5.16. The van der Waals surface area contributed by atoms with Crippen LogP contribution in [-0.4, -0.2) is 34.7 Å². The molecule has 4 rings (SSSR count). The van der Waals surface area contributed by atoms with Gasteiger partial charge in [0.1, 0.15) is 22.7 Å². The van der Waals surface area contributed by atoms with Crippen LogP contribution >= 0.6 is 0 Å². The van der Waals surface area contributed by atoms with Gasteiger partial charge in [-0.3, -0.25) is 4.79 Å². The molecular formula is C24H24N4O4. The van der Waals surface area contributed by atoms with Gasteiger partial charge in [0.25, 0.3) is 11.6 Å². The van der Waals surface area contributed by atoms with Crippen LogP contribution in [0.15, 0.2) is 47.0 Å². The molecule has 4 aromatic rings. The van der Waals surface area contributed by atoms with Gasteiger partial charge in [0, 0.05) is 12.1 Å². The third kappa shape index (κ3) is 4.54. The molecule has 0 saturated heterocycles. The molecule has 0 aliphatic rings. The first-order valence-corrected chi connectivity index (χ1v) is 10.2. The maximum atomic E-state index is 12.4. The average Bonchev–Trinajstić information content (AvgIpc) is 3.22. The number of fused-ring (bicyclic) bond motifs is 1. The van der Waals surface area contributed by atoms with Crippen molar-refractivity contribution in [2.45, 2.75) is 27.3 Å². The van der Waals surface area contributed by atoms with Gasteiger partial charge < -0.3 is 19.3 Å². The Morgan fingerprint density at radius 1 is 1.06 bits per heavy atom. The first-order chi connectivity index (χ1) is 15.4. The number of carbonyl (C=O) groups excluding carboxylic acids is 1. The summed E-state index contributed by atoms with van der Waals surface area (Å²) < 4.78 is 16.4. The number of ether oxygens (including phenoxy) is 2. The molecule has 8 nitrogen and oxygen atoms in total. The molecule has 0 fully saturated rings. The van der Waals surface area contributed by atoms with E-state index in [0.29, 0.717) is 29.2 Å². The number of nitrogens with zero attached hydrogens (tertiary/aromatic N) is 3. The molecule has 8 heteroatoms. The van der Waals surface area contributed by atoms with Crippen LogP contribution in [0.25, 0.3) is 22.4 Å². The molecule has 0 saturated carbocycles. The van der Waals surface area contributed by atoms with Crippen molar-refractivity contribution in [1.82, 2.24) is 20.4 Å². The van der Waals surface area contributed by atoms with Crippen LogP contribution < -0.4 is 14.8 Å². The molecule has 0 spiro atoms. The molecule has 2 aromatic carbocycles. The van der Waals surface area contributed by atoms with Gasteiger partial charge in [-0.25, -0.2) is 0 Å². The van der Waals surface area contributed by atoms with Crippen molar-refractivity contribution in [2.75, 3.05) is 13.7 Å². The van der Waals surface area contributed by atoms with E-state index >= 15 is 0 Å². The number of aryl methyl sites for hydroxylation is 3. The molecule has 0 atom stereocenters. The van der Waals surface area contributed by atoms with Gasteiger partial charge >= 0.3 is 0 Å². The number of rotatable bonds is 7. The molecule has 0 aliphatic carbocycles. The number of nitrogens with one attached hydrogen (secondary N) is 1. The van der Waals surface area contributed by atoms with Crippen molar-refractivity contribution in [1.29, 1.82) is 0 Å². The van der Waals surface area contributed by atoms with Gasteiger partial charge in [0.2, 0.25) is 5.88 Å². The number of methoxy groups -OCH3 is 1. The van der Waals surface area contributed by atoms with E-state index in [1.54, 1.807) is 14.0 Å². The summed E-state index contributed by atoms with van der Waals surface area (Å²) in [4.78, 5) is 21.1. The monoisotopic (exact) mass is 432 g/mol. The number of benzene rings is 2. The second-order valence-electron chi connectivity index (χ2n) is 7.50. The number of amides is 1.